The molecule has 4 nitrogen and oxygen atoms in total. The van der Waals surface area contributed by atoms with Gasteiger partial charge in [-0.25, -0.2) is 0 Å². The molecule has 0 aliphatic carbocycles. The molecule has 0 atom stereocenters. The van der Waals surface area contributed by atoms with E-state index in [9.17, 15) is 0 Å². The molecule has 0 saturated carbocycles. The maximum atomic E-state index is 6.94. The van der Waals surface area contributed by atoms with Gasteiger partial charge < -0.3 is 18.2 Å². The van der Waals surface area contributed by atoms with Gasteiger partial charge >= 0.3 is 0 Å². The smallest absolute Gasteiger partial charge is 0.145 e. The van der Waals surface area contributed by atoms with Gasteiger partial charge in [-0.15, -0.1) is 0 Å². The van der Waals surface area contributed by atoms with E-state index in [4.69, 9.17) is 13.3 Å². The first-order valence-electron chi connectivity index (χ1n) is 21.7. The summed E-state index contributed by atoms with van der Waals surface area (Å²) < 4.78 is 19.7. The minimum absolute atomic E-state index is 0.832. The first-order valence-corrected chi connectivity index (χ1v) is 21.7. The van der Waals surface area contributed by atoms with Crippen LogP contribution in [0.15, 0.2) is 238 Å². The quantitative estimate of drug-likeness (QED) is 0.161. The Morgan fingerprint density at radius 2 is 0.797 bits per heavy atom. The SMILES string of the molecule is c1ccc(-c2ccccc2N(c2ccc(-c3cccc4c3oc3ccccc34)cc2)c2ccc(-c3cccc(-c4ccc5c(c4)oc4ccccc45)c3)c3oc4ccccc4c23)cc1. The zero-order valence-electron chi connectivity index (χ0n) is 34.5. The summed E-state index contributed by atoms with van der Waals surface area (Å²) in [6.07, 6.45) is 0. The largest absolute Gasteiger partial charge is 0.456 e. The Balaban J connectivity index is 0.992. The predicted octanol–water partition coefficient (Wildman–Crippen LogP) is 17.5. The van der Waals surface area contributed by atoms with Crippen molar-refractivity contribution >= 4 is 82.9 Å². The summed E-state index contributed by atoms with van der Waals surface area (Å²) in [5.74, 6) is 0. The number of anilines is 3. The third-order valence-corrected chi connectivity index (χ3v) is 12.7. The molecule has 3 heterocycles. The maximum Gasteiger partial charge on any atom is 0.145 e. The van der Waals surface area contributed by atoms with Crippen LogP contribution >= 0.6 is 0 Å². The summed E-state index contributed by atoms with van der Waals surface area (Å²) in [6, 6.07) is 79.1. The summed E-state index contributed by atoms with van der Waals surface area (Å²) in [5, 5.41) is 6.57. The highest BCUT2D eigenvalue weighted by Crippen LogP contribution is 2.49. The molecule has 0 amide bonds. The molecule has 0 radical (unpaired) electrons. The molecule has 64 heavy (non-hydrogen) atoms. The summed E-state index contributed by atoms with van der Waals surface area (Å²) in [7, 11) is 0. The van der Waals surface area contributed by atoms with Crippen LogP contribution in [-0.4, -0.2) is 0 Å². The molecule has 0 N–H and O–H groups in total. The molecule has 10 aromatic carbocycles. The molecule has 0 bridgehead atoms. The third-order valence-electron chi connectivity index (χ3n) is 12.7. The van der Waals surface area contributed by atoms with E-state index < -0.39 is 0 Å². The van der Waals surface area contributed by atoms with Crippen LogP contribution < -0.4 is 4.90 Å². The predicted molar refractivity (Wildman–Crippen MR) is 265 cm³/mol. The van der Waals surface area contributed by atoms with Crippen molar-refractivity contribution in [2.45, 2.75) is 0 Å². The van der Waals surface area contributed by atoms with Crippen molar-refractivity contribution in [2.24, 2.45) is 0 Å². The molecule has 0 unspecified atom stereocenters. The van der Waals surface area contributed by atoms with E-state index in [1.165, 1.54) is 0 Å². The number of para-hydroxylation sites is 5. The average molecular weight is 820 g/mol. The van der Waals surface area contributed by atoms with Gasteiger partial charge in [0.25, 0.3) is 0 Å². The molecule has 13 aromatic rings. The van der Waals surface area contributed by atoms with Crippen molar-refractivity contribution in [3.05, 3.63) is 224 Å². The van der Waals surface area contributed by atoms with Crippen LogP contribution in [0.2, 0.25) is 0 Å². The molecular formula is C60H37NO3. The number of rotatable bonds is 7. The monoisotopic (exact) mass is 819 g/mol. The third kappa shape index (κ3) is 5.77. The summed E-state index contributed by atoms with van der Waals surface area (Å²) in [6.45, 7) is 0. The Bertz CT molecular complexity index is 3910. The maximum absolute atomic E-state index is 6.94. The van der Waals surface area contributed by atoms with Gasteiger partial charge in [0, 0.05) is 49.3 Å². The van der Waals surface area contributed by atoms with Gasteiger partial charge in [0.2, 0.25) is 0 Å². The summed E-state index contributed by atoms with van der Waals surface area (Å²) in [5.41, 5.74) is 17.0. The highest BCUT2D eigenvalue weighted by molar-refractivity contribution is 6.18. The number of furan rings is 3. The Morgan fingerprint density at radius 3 is 1.62 bits per heavy atom. The number of nitrogens with zero attached hydrogens (tertiary/aromatic N) is 1. The van der Waals surface area contributed by atoms with Gasteiger partial charge in [0.1, 0.15) is 33.5 Å². The second kappa shape index (κ2) is 14.5. The minimum atomic E-state index is 0.832. The summed E-state index contributed by atoms with van der Waals surface area (Å²) in [4.78, 5) is 2.39. The fraction of sp³-hybridized carbons (Fsp3) is 0. The number of benzene rings is 10. The van der Waals surface area contributed by atoms with E-state index in [1.807, 2.05) is 30.3 Å². The number of hydrogen-bond donors (Lipinski definition) is 0. The van der Waals surface area contributed by atoms with E-state index in [-0.39, 0.29) is 0 Å². The van der Waals surface area contributed by atoms with Crippen LogP contribution in [-0.2, 0) is 0 Å². The highest BCUT2D eigenvalue weighted by atomic mass is 16.3. The molecule has 0 fully saturated rings. The van der Waals surface area contributed by atoms with Crippen molar-refractivity contribution in [3.8, 4) is 44.5 Å². The lowest BCUT2D eigenvalue weighted by molar-refractivity contribution is 0.669. The van der Waals surface area contributed by atoms with Crippen LogP contribution in [0.3, 0.4) is 0 Å². The Morgan fingerprint density at radius 1 is 0.266 bits per heavy atom. The zero-order chi connectivity index (χ0) is 42.1. The van der Waals surface area contributed by atoms with E-state index in [1.54, 1.807) is 0 Å². The molecule has 300 valence electrons. The van der Waals surface area contributed by atoms with E-state index in [0.717, 1.165) is 127 Å². The molecular weight excluding hydrogens is 783 g/mol. The highest BCUT2D eigenvalue weighted by Gasteiger charge is 2.24. The van der Waals surface area contributed by atoms with Crippen LogP contribution in [0, 0.1) is 0 Å². The molecule has 0 saturated heterocycles. The van der Waals surface area contributed by atoms with Gasteiger partial charge in [0.15, 0.2) is 0 Å². The molecule has 4 heteroatoms. The van der Waals surface area contributed by atoms with E-state index in [2.05, 4.69) is 199 Å². The van der Waals surface area contributed by atoms with Gasteiger partial charge in [-0.1, -0.05) is 158 Å². The lowest BCUT2D eigenvalue weighted by Gasteiger charge is -2.29. The van der Waals surface area contributed by atoms with Crippen molar-refractivity contribution < 1.29 is 13.3 Å². The summed E-state index contributed by atoms with van der Waals surface area (Å²) >= 11 is 0. The normalized spacial score (nSPS) is 11.8. The standard InChI is InChI=1S/C60H37NO3/c1-2-14-38(15-3-1)44-18-4-8-24-52(44)61(43-31-28-39(29-32-43)45-22-13-23-50-48-20-6-10-26-55(48)63-59(45)50)53-35-34-46(60-58(53)51-21-7-11-27-56(51)64-60)42-17-12-16-40(36-42)41-30-33-49-47-19-5-9-25-54(47)62-57(49)37-41/h1-37H. The fourth-order valence-electron chi connectivity index (χ4n) is 9.70. The van der Waals surface area contributed by atoms with Crippen molar-refractivity contribution in [1.82, 2.24) is 0 Å². The first kappa shape index (κ1) is 36.1. The topological polar surface area (TPSA) is 42.7 Å². The molecule has 3 aromatic heterocycles. The average Bonchev–Trinajstić information content (AvgIpc) is 4.06. The second-order valence-corrected chi connectivity index (χ2v) is 16.4. The number of fused-ring (bicyclic) bond motifs is 9. The van der Waals surface area contributed by atoms with Crippen LogP contribution in [0.5, 0.6) is 0 Å². The molecule has 0 aliphatic heterocycles. The Kier molecular flexibility index (Phi) is 8.18. The molecule has 0 aliphatic rings. The van der Waals surface area contributed by atoms with Gasteiger partial charge in [0.05, 0.1) is 16.8 Å². The molecule has 13 rings (SSSR count). The Labute approximate surface area is 368 Å². The second-order valence-electron chi connectivity index (χ2n) is 16.4. The number of hydrogen-bond acceptors (Lipinski definition) is 4. The van der Waals surface area contributed by atoms with Crippen molar-refractivity contribution in [1.29, 1.82) is 0 Å². The van der Waals surface area contributed by atoms with Crippen molar-refractivity contribution in [2.75, 3.05) is 4.90 Å². The van der Waals surface area contributed by atoms with Gasteiger partial charge in [-0.3, -0.25) is 0 Å². The van der Waals surface area contributed by atoms with Crippen LogP contribution in [0.25, 0.3) is 110 Å². The van der Waals surface area contributed by atoms with Gasteiger partial charge in [-0.2, -0.15) is 0 Å². The fourth-order valence-corrected chi connectivity index (χ4v) is 9.70. The van der Waals surface area contributed by atoms with E-state index in [0.29, 0.717) is 0 Å². The zero-order valence-corrected chi connectivity index (χ0v) is 34.5. The lowest BCUT2D eigenvalue weighted by atomic mass is 9.95. The van der Waals surface area contributed by atoms with Crippen LogP contribution in [0.4, 0.5) is 17.1 Å². The molecule has 0 spiro atoms. The Hall–Kier alpha value is -8.60. The van der Waals surface area contributed by atoms with E-state index >= 15 is 0 Å². The lowest BCUT2D eigenvalue weighted by Crippen LogP contribution is -2.11. The first-order chi connectivity index (χ1) is 31.7. The van der Waals surface area contributed by atoms with Crippen molar-refractivity contribution in [3.63, 3.8) is 0 Å². The van der Waals surface area contributed by atoms with Crippen LogP contribution in [0.1, 0.15) is 0 Å². The minimum Gasteiger partial charge on any atom is -0.456 e. The van der Waals surface area contributed by atoms with Gasteiger partial charge in [-0.05, 0) is 94.5 Å².